The van der Waals surface area contributed by atoms with Gasteiger partial charge in [0.2, 0.25) is 0 Å². The van der Waals surface area contributed by atoms with Gasteiger partial charge >= 0.3 is 0 Å². The van der Waals surface area contributed by atoms with Gasteiger partial charge in [-0.15, -0.1) is 0 Å². The molecule has 2 aromatic carbocycles. The fraction of sp³-hybridized carbons (Fsp3) is 0.188. The third kappa shape index (κ3) is 2.45. The number of nitrogens with zero attached hydrogens (tertiary/aromatic N) is 2. The number of rotatable bonds is 4. The van der Waals surface area contributed by atoms with Gasteiger partial charge in [-0.1, -0.05) is 18.2 Å². The summed E-state index contributed by atoms with van der Waals surface area (Å²) in [6, 6.07) is 14.3. The monoisotopic (exact) mass is 266 g/mol. The van der Waals surface area contributed by atoms with E-state index in [4.69, 9.17) is 5.73 Å². The second-order valence-electron chi connectivity index (χ2n) is 4.98. The van der Waals surface area contributed by atoms with Crippen LogP contribution >= 0.6 is 0 Å². The van der Waals surface area contributed by atoms with Gasteiger partial charge in [0.25, 0.3) is 0 Å². The van der Waals surface area contributed by atoms with Crippen LogP contribution in [0.25, 0.3) is 11.0 Å². The first-order valence-electron chi connectivity index (χ1n) is 6.72. The first-order valence-corrected chi connectivity index (χ1v) is 6.72. The Bertz CT molecular complexity index is 717. The van der Waals surface area contributed by atoms with Crippen LogP contribution in [0.4, 0.5) is 11.4 Å². The fourth-order valence-corrected chi connectivity index (χ4v) is 2.39. The molecule has 3 aromatic rings. The molecule has 0 aliphatic rings. The number of H-pyrrole nitrogens is 1. The standard InChI is InChI=1S/C16H18N4/c1-20(16-5-3-2-4-13(16)17)9-8-12-6-7-14-15(10-12)19-11-18-14/h2-7,10-11H,8-9,17H2,1H3,(H,18,19). The third-order valence-electron chi connectivity index (χ3n) is 3.57. The topological polar surface area (TPSA) is 57.9 Å². The van der Waals surface area contributed by atoms with Crippen LogP contribution in [0.2, 0.25) is 0 Å². The van der Waals surface area contributed by atoms with Crippen molar-refractivity contribution in [3.05, 3.63) is 54.4 Å². The van der Waals surface area contributed by atoms with Gasteiger partial charge in [0.1, 0.15) is 0 Å². The number of nitrogens with one attached hydrogen (secondary N) is 1. The van der Waals surface area contributed by atoms with Crippen LogP contribution in [-0.4, -0.2) is 23.6 Å². The number of hydrogen-bond acceptors (Lipinski definition) is 3. The van der Waals surface area contributed by atoms with Crippen molar-refractivity contribution in [3.63, 3.8) is 0 Å². The van der Waals surface area contributed by atoms with Crippen LogP contribution in [0, 0.1) is 0 Å². The predicted octanol–water partition coefficient (Wildman–Crippen LogP) is 2.82. The molecule has 4 heteroatoms. The highest BCUT2D eigenvalue weighted by Gasteiger charge is 2.05. The van der Waals surface area contributed by atoms with Gasteiger partial charge in [-0.3, -0.25) is 0 Å². The van der Waals surface area contributed by atoms with Crippen molar-refractivity contribution in [3.8, 4) is 0 Å². The number of nitrogen functional groups attached to an aromatic ring is 1. The van der Waals surface area contributed by atoms with Crippen molar-refractivity contribution in [2.75, 3.05) is 24.2 Å². The number of hydrogen-bond donors (Lipinski definition) is 2. The summed E-state index contributed by atoms with van der Waals surface area (Å²) in [7, 11) is 2.07. The molecule has 0 bridgehead atoms. The highest BCUT2D eigenvalue weighted by atomic mass is 15.1. The maximum absolute atomic E-state index is 6.00. The zero-order valence-electron chi connectivity index (χ0n) is 11.5. The van der Waals surface area contributed by atoms with Gasteiger partial charge in [0.15, 0.2) is 0 Å². The molecule has 4 nitrogen and oxygen atoms in total. The summed E-state index contributed by atoms with van der Waals surface area (Å²) in [5.74, 6) is 0. The van der Waals surface area contributed by atoms with Crippen molar-refractivity contribution in [1.29, 1.82) is 0 Å². The molecular weight excluding hydrogens is 248 g/mol. The maximum Gasteiger partial charge on any atom is 0.0931 e. The number of fused-ring (bicyclic) bond motifs is 1. The zero-order valence-corrected chi connectivity index (χ0v) is 11.5. The quantitative estimate of drug-likeness (QED) is 0.714. The van der Waals surface area contributed by atoms with Gasteiger partial charge in [-0.05, 0) is 36.2 Å². The molecule has 0 amide bonds. The summed E-state index contributed by atoms with van der Waals surface area (Å²) >= 11 is 0. The third-order valence-corrected chi connectivity index (χ3v) is 3.57. The smallest absolute Gasteiger partial charge is 0.0931 e. The molecule has 0 fully saturated rings. The molecule has 0 saturated heterocycles. The lowest BCUT2D eigenvalue weighted by Gasteiger charge is -2.21. The van der Waals surface area contributed by atoms with Crippen LogP contribution in [0.3, 0.4) is 0 Å². The van der Waals surface area contributed by atoms with E-state index in [1.54, 1.807) is 6.33 Å². The average Bonchev–Trinajstić information content (AvgIpc) is 2.92. The summed E-state index contributed by atoms with van der Waals surface area (Å²) in [6.07, 6.45) is 2.70. The molecule has 102 valence electrons. The number of nitrogens with two attached hydrogens (primary N) is 1. The molecule has 0 atom stereocenters. The molecular formula is C16H18N4. The van der Waals surface area contributed by atoms with E-state index in [0.29, 0.717) is 0 Å². The van der Waals surface area contributed by atoms with E-state index in [9.17, 15) is 0 Å². The van der Waals surface area contributed by atoms with E-state index in [0.717, 1.165) is 35.4 Å². The van der Waals surface area contributed by atoms with E-state index < -0.39 is 0 Å². The Morgan fingerprint density at radius 3 is 2.90 bits per heavy atom. The molecule has 0 aliphatic heterocycles. The molecule has 3 N–H and O–H groups in total. The van der Waals surface area contributed by atoms with Crippen LogP contribution in [0.15, 0.2) is 48.8 Å². The Morgan fingerprint density at radius 1 is 1.20 bits per heavy atom. The second-order valence-corrected chi connectivity index (χ2v) is 4.98. The fourth-order valence-electron chi connectivity index (χ4n) is 2.39. The van der Waals surface area contributed by atoms with E-state index in [1.807, 2.05) is 24.3 Å². The minimum atomic E-state index is 0.819. The summed E-state index contributed by atoms with van der Waals surface area (Å²) < 4.78 is 0. The zero-order chi connectivity index (χ0) is 13.9. The van der Waals surface area contributed by atoms with Crippen LogP contribution in [-0.2, 0) is 6.42 Å². The predicted molar refractivity (Wildman–Crippen MR) is 83.9 cm³/mol. The average molecular weight is 266 g/mol. The Hall–Kier alpha value is -2.49. The highest BCUT2D eigenvalue weighted by molar-refractivity contribution is 5.75. The maximum atomic E-state index is 6.00. The minimum Gasteiger partial charge on any atom is -0.397 e. The molecule has 0 unspecified atom stereocenters. The molecule has 0 radical (unpaired) electrons. The van der Waals surface area contributed by atoms with E-state index >= 15 is 0 Å². The Kier molecular flexibility index (Phi) is 3.29. The van der Waals surface area contributed by atoms with E-state index in [-0.39, 0.29) is 0 Å². The van der Waals surface area contributed by atoms with Crippen molar-refractivity contribution < 1.29 is 0 Å². The Labute approximate surface area is 118 Å². The summed E-state index contributed by atoms with van der Waals surface area (Å²) in [5.41, 5.74) is 11.3. The van der Waals surface area contributed by atoms with Crippen molar-refractivity contribution in [1.82, 2.24) is 9.97 Å². The molecule has 0 aliphatic carbocycles. The van der Waals surface area contributed by atoms with Gasteiger partial charge in [0.05, 0.1) is 28.7 Å². The van der Waals surface area contributed by atoms with Gasteiger partial charge in [-0.25, -0.2) is 4.98 Å². The van der Waals surface area contributed by atoms with Gasteiger partial charge in [0, 0.05) is 13.6 Å². The van der Waals surface area contributed by atoms with Gasteiger partial charge in [-0.2, -0.15) is 0 Å². The molecule has 3 rings (SSSR count). The number of benzene rings is 2. The number of imidazole rings is 1. The van der Waals surface area contributed by atoms with E-state index in [1.165, 1.54) is 5.56 Å². The SMILES string of the molecule is CN(CCc1ccc2nc[nH]c2c1)c1ccccc1N. The largest absolute Gasteiger partial charge is 0.397 e. The Morgan fingerprint density at radius 2 is 2.05 bits per heavy atom. The van der Waals surface area contributed by atoms with Crippen molar-refractivity contribution in [2.45, 2.75) is 6.42 Å². The lowest BCUT2D eigenvalue weighted by Crippen LogP contribution is -2.21. The Balaban J connectivity index is 1.71. The summed E-state index contributed by atoms with van der Waals surface area (Å²) in [4.78, 5) is 9.56. The number of aromatic nitrogens is 2. The van der Waals surface area contributed by atoms with Crippen LogP contribution in [0.1, 0.15) is 5.56 Å². The molecule has 1 aromatic heterocycles. The minimum absolute atomic E-state index is 0.819. The number of anilines is 2. The van der Waals surface area contributed by atoms with Crippen LogP contribution < -0.4 is 10.6 Å². The normalized spacial score (nSPS) is 10.8. The van der Waals surface area contributed by atoms with Crippen molar-refractivity contribution in [2.24, 2.45) is 0 Å². The second kappa shape index (κ2) is 5.25. The first-order chi connectivity index (χ1) is 9.74. The number of para-hydroxylation sites is 2. The molecule has 0 saturated carbocycles. The van der Waals surface area contributed by atoms with Crippen LogP contribution in [0.5, 0.6) is 0 Å². The number of aromatic amines is 1. The summed E-state index contributed by atoms with van der Waals surface area (Å²) in [6.45, 7) is 0.924. The lowest BCUT2D eigenvalue weighted by molar-refractivity contribution is 0.879. The molecule has 0 spiro atoms. The summed E-state index contributed by atoms with van der Waals surface area (Å²) in [5, 5.41) is 0. The molecule has 1 heterocycles. The lowest BCUT2D eigenvalue weighted by atomic mass is 10.1. The highest BCUT2D eigenvalue weighted by Crippen LogP contribution is 2.21. The number of likely N-dealkylation sites (N-methyl/N-ethyl adjacent to an activating group) is 1. The first kappa shape index (κ1) is 12.5. The van der Waals surface area contributed by atoms with Crippen molar-refractivity contribution >= 4 is 22.4 Å². The van der Waals surface area contributed by atoms with Gasteiger partial charge < -0.3 is 15.6 Å². The molecule has 20 heavy (non-hydrogen) atoms. The van der Waals surface area contributed by atoms with E-state index in [2.05, 4.69) is 40.1 Å².